The molecular formula is C30H33NO5. The zero-order valence-electron chi connectivity index (χ0n) is 20.9. The van der Waals surface area contributed by atoms with Crippen molar-refractivity contribution in [3.05, 3.63) is 76.9 Å². The first kappa shape index (κ1) is 24.3. The van der Waals surface area contributed by atoms with Crippen LogP contribution in [0, 0.1) is 17.8 Å². The summed E-state index contributed by atoms with van der Waals surface area (Å²) in [4.78, 5) is 27.2. The molecule has 6 heteroatoms. The molecule has 0 bridgehead atoms. The first-order valence-corrected chi connectivity index (χ1v) is 12.8. The van der Waals surface area contributed by atoms with Gasteiger partial charge in [-0.05, 0) is 66.7 Å². The number of fused-ring (bicyclic) bond motifs is 3. The Morgan fingerprint density at radius 1 is 1.08 bits per heavy atom. The van der Waals surface area contributed by atoms with Gasteiger partial charge in [-0.1, -0.05) is 48.9 Å². The molecule has 2 saturated heterocycles. The van der Waals surface area contributed by atoms with E-state index < -0.39 is 0 Å². The first-order valence-electron chi connectivity index (χ1n) is 12.8. The molecule has 2 amide bonds. The van der Waals surface area contributed by atoms with Crippen LogP contribution in [0.25, 0.3) is 6.08 Å². The molecule has 2 aliphatic heterocycles. The Kier molecular flexibility index (Phi) is 6.97. The maximum atomic E-state index is 13.0. The van der Waals surface area contributed by atoms with Crippen LogP contribution in [0.2, 0.25) is 0 Å². The second-order valence-corrected chi connectivity index (χ2v) is 9.95. The number of para-hydroxylation sites is 1. The molecule has 36 heavy (non-hydrogen) atoms. The van der Waals surface area contributed by atoms with Gasteiger partial charge in [0.2, 0.25) is 11.8 Å². The molecule has 0 spiro atoms. The summed E-state index contributed by atoms with van der Waals surface area (Å²) >= 11 is 0. The monoisotopic (exact) mass is 487 g/mol. The molecule has 1 aliphatic carbocycles. The van der Waals surface area contributed by atoms with Gasteiger partial charge in [-0.15, -0.1) is 0 Å². The smallest absolute Gasteiger partial charge is 0.233 e. The van der Waals surface area contributed by atoms with E-state index in [4.69, 9.17) is 9.47 Å². The Hall–Kier alpha value is -3.38. The van der Waals surface area contributed by atoms with E-state index in [2.05, 4.69) is 13.0 Å². The quantitative estimate of drug-likeness (QED) is 0.419. The lowest BCUT2D eigenvalue weighted by molar-refractivity contribution is -0.138. The maximum Gasteiger partial charge on any atom is 0.233 e. The molecule has 4 atom stereocenters. The van der Waals surface area contributed by atoms with Gasteiger partial charge in [-0.25, -0.2) is 0 Å². The summed E-state index contributed by atoms with van der Waals surface area (Å²) in [5.41, 5.74) is 4.63. The van der Waals surface area contributed by atoms with Crippen LogP contribution in [0.1, 0.15) is 38.2 Å². The van der Waals surface area contributed by atoms with Gasteiger partial charge in [0.25, 0.3) is 0 Å². The molecule has 2 aromatic carbocycles. The van der Waals surface area contributed by atoms with E-state index in [1.165, 1.54) is 16.0 Å². The van der Waals surface area contributed by atoms with Crippen molar-refractivity contribution >= 4 is 17.9 Å². The van der Waals surface area contributed by atoms with Gasteiger partial charge < -0.3 is 14.6 Å². The van der Waals surface area contributed by atoms with E-state index in [0.29, 0.717) is 19.6 Å². The van der Waals surface area contributed by atoms with Crippen molar-refractivity contribution in [3.63, 3.8) is 0 Å². The Morgan fingerprint density at radius 2 is 1.83 bits per heavy atom. The number of allylic oxidation sites excluding steroid dienone is 1. The van der Waals surface area contributed by atoms with Crippen LogP contribution < -0.4 is 4.74 Å². The number of phenols is 1. The molecular weight excluding hydrogens is 454 g/mol. The molecule has 1 N–H and O–H groups in total. The minimum atomic E-state index is -0.332. The number of likely N-dealkylation sites (tertiary alicyclic amines) is 1. The highest BCUT2D eigenvalue weighted by molar-refractivity contribution is 6.05. The van der Waals surface area contributed by atoms with Crippen LogP contribution in [-0.2, 0) is 14.3 Å². The van der Waals surface area contributed by atoms with Gasteiger partial charge >= 0.3 is 0 Å². The van der Waals surface area contributed by atoms with Crippen molar-refractivity contribution in [2.24, 2.45) is 17.8 Å². The van der Waals surface area contributed by atoms with Crippen LogP contribution in [-0.4, -0.2) is 48.2 Å². The standard InChI is InChI=1S/C30H33NO5/c1-3-19(15-20-9-12-22(32)13-10-20)11-14-26-27-21(17-35-23-7-5-4-6-8-23)16-24-28(25(27)18-36-26)30(34)31(2)29(24)33/h4-10,12-13,15,24-26,28,32H,3,11,14,16-18H2,1-2H3/b19-15+/t24-,25+,26-,28-/m1/s1. The van der Waals surface area contributed by atoms with Crippen molar-refractivity contribution in [2.45, 2.75) is 38.7 Å². The highest BCUT2D eigenvalue weighted by atomic mass is 16.5. The summed E-state index contributed by atoms with van der Waals surface area (Å²) in [6.45, 7) is 3.01. The molecule has 188 valence electrons. The molecule has 0 radical (unpaired) electrons. The van der Waals surface area contributed by atoms with E-state index in [-0.39, 0.29) is 41.4 Å². The van der Waals surface area contributed by atoms with Gasteiger partial charge in [0, 0.05) is 13.0 Å². The normalized spacial score (nSPS) is 25.8. The number of carbonyl (C=O) groups is 2. The lowest BCUT2D eigenvalue weighted by Gasteiger charge is -2.31. The summed E-state index contributed by atoms with van der Waals surface area (Å²) in [7, 11) is 1.59. The van der Waals surface area contributed by atoms with Crippen molar-refractivity contribution < 1.29 is 24.2 Å². The SMILES string of the molecule is CC/C(=C\c1ccc(O)cc1)CC[C@H]1OC[C@H]2C1=C(COc1ccccc1)C[C@H]1C(=O)N(C)C(=O)[C@H]12. The summed E-state index contributed by atoms with van der Waals surface area (Å²) < 4.78 is 12.4. The second kappa shape index (κ2) is 10.3. The Balaban J connectivity index is 1.38. The predicted octanol–water partition coefficient (Wildman–Crippen LogP) is 4.99. The largest absolute Gasteiger partial charge is 0.508 e. The Morgan fingerprint density at radius 3 is 2.56 bits per heavy atom. The number of carbonyl (C=O) groups excluding carboxylic acids is 2. The Bertz CT molecular complexity index is 1180. The van der Waals surface area contributed by atoms with Gasteiger partial charge in [-0.2, -0.15) is 0 Å². The highest BCUT2D eigenvalue weighted by Gasteiger charge is 2.56. The lowest BCUT2D eigenvalue weighted by atomic mass is 9.69. The number of hydrogen-bond acceptors (Lipinski definition) is 5. The molecule has 3 aliphatic rings. The topological polar surface area (TPSA) is 76.1 Å². The number of hydrogen-bond donors (Lipinski definition) is 1. The predicted molar refractivity (Wildman–Crippen MR) is 137 cm³/mol. The molecule has 2 fully saturated rings. The number of phenolic OH excluding ortho intramolecular Hbond substituents is 1. The van der Waals surface area contributed by atoms with Gasteiger partial charge in [-0.3, -0.25) is 14.5 Å². The zero-order valence-corrected chi connectivity index (χ0v) is 20.9. The first-order chi connectivity index (χ1) is 17.5. The molecule has 0 saturated carbocycles. The number of ether oxygens (including phenoxy) is 2. The van der Waals surface area contributed by atoms with Crippen LogP contribution in [0.4, 0.5) is 0 Å². The lowest BCUT2D eigenvalue weighted by Crippen LogP contribution is -2.35. The average Bonchev–Trinajstić information content (AvgIpc) is 3.42. The molecule has 6 nitrogen and oxygen atoms in total. The minimum absolute atomic E-state index is 0.0734. The van der Waals surface area contributed by atoms with Crippen LogP contribution in [0.5, 0.6) is 11.5 Å². The van der Waals surface area contributed by atoms with Crippen molar-refractivity contribution in [2.75, 3.05) is 20.3 Å². The van der Waals surface area contributed by atoms with Gasteiger partial charge in [0.05, 0.1) is 24.5 Å². The molecule has 2 aromatic rings. The average molecular weight is 488 g/mol. The van der Waals surface area contributed by atoms with Gasteiger partial charge in [0.15, 0.2) is 0 Å². The molecule has 0 aromatic heterocycles. The summed E-state index contributed by atoms with van der Waals surface area (Å²) in [6.07, 6.45) is 5.23. The fourth-order valence-corrected chi connectivity index (χ4v) is 5.92. The van der Waals surface area contributed by atoms with E-state index in [0.717, 1.165) is 36.1 Å². The van der Waals surface area contributed by atoms with Crippen LogP contribution in [0.15, 0.2) is 71.3 Å². The third kappa shape index (κ3) is 4.70. The van der Waals surface area contributed by atoms with E-state index in [1.54, 1.807) is 19.2 Å². The summed E-state index contributed by atoms with van der Waals surface area (Å²) in [5, 5.41) is 9.56. The zero-order chi connectivity index (χ0) is 25.2. The van der Waals surface area contributed by atoms with E-state index in [1.807, 2.05) is 42.5 Å². The number of imide groups is 1. The van der Waals surface area contributed by atoms with Crippen LogP contribution >= 0.6 is 0 Å². The molecule has 2 heterocycles. The third-order valence-corrected chi connectivity index (χ3v) is 7.83. The number of amides is 2. The molecule has 0 unspecified atom stereocenters. The number of benzene rings is 2. The third-order valence-electron chi connectivity index (χ3n) is 7.83. The number of rotatable bonds is 8. The number of nitrogens with zero attached hydrogens (tertiary/aromatic N) is 1. The maximum absolute atomic E-state index is 13.0. The fraction of sp³-hybridized carbons (Fsp3) is 0.400. The highest BCUT2D eigenvalue weighted by Crippen LogP contribution is 2.49. The van der Waals surface area contributed by atoms with E-state index >= 15 is 0 Å². The summed E-state index contributed by atoms with van der Waals surface area (Å²) in [5.74, 6) is 0.145. The van der Waals surface area contributed by atoms with Crippen molar-refractivity contribution in [1.82, 2.24) is 4.90 Å². The summed E-state index contributed by atoms with van der Waals surface area (Å²) in [6, 6.07) is 16.9. The minimum Gasteiger partial charge on any atom is -0.508 e. The van der Waals surface area contributed by atoms with Crippen LogP contribution in [0.3, 0.4) is 0 Å². The van der Waals surface area contributed by atoms with Crippen molar-refractivity contribution in [1.29, 1.82) is 0 Å². The molecule has 5 rings (SSSR count). The van der Waals surface area contributed by atoms with Crippen molar-refractivity contribution in [3.8, 4) is 11.5 Å². The Labute approximate surface area is 212 Å². The van der Waals surface area contributed by atoms with E-state index in [9.17, 15) is 14.7 Å². The fourth-order valence-electron chi connectivity index (χ4n) is 5.92. The van der Waals surface area contributed by atoms with Gasteiger partial charge in [0.1, 0.15) is 18.1 Å². The second-order valence-electron chi connectivity index (χ2n) is 9.95. The number of aromatic hydroxyl groups is 1.